The van der Waals surface area contributed by atoms with Gasteiger partial charge in [0.2, 0.25) is 5.91 Å². The van der Waals surface area contributed by atoms with E-state index in [9.17, 15) is 18.8 Å². The largest absolute Gasteiger partial charge is 0.480 e. The Morgan fingerprint density at radius 1 is 1.24 bits per heavy atom. The van der Waals surface area contributed by atoms with Gasteiger partial charge in [-0.3, -0.25) is 14.4 Å². The van der Waals surface area contributed by atoms with Gasteiger partial charge in [-0.2, -0.15) is 0 Å². The molecule has 0 aromatic heterocycles. The molecule has 0 spiro atoms. The summed E-state index contributed by atoms with van der Waals surface area (Å²) in [6.45, 7) is 0.476. The second-order valence-electron chi connectivity index (χ2n) is 4.08. The van der Waals surface area contributed by atoms with Crippen LogP contribution in [0.1, 0.15) is 6.92 Å². The maximum absolute atomic E-state index is 13.3. The number of carbonyl (C=O) groups excluding carboxylic acids is 2. The van der Waals surface area contributed by atoms with E-state index in [0.29, 0.717) is 0 Å². The van der Waals surface area contributed by atoms with Crippen molar-refractivity contribution in [2.24, 2.45) is 0 Å². The molecule has 114 valence electrons. The van der Waals surface area contributed by atoms with Crippen LogP contribution in [0.15, 0.2) is 24.3 Å². The number of carboxylic acid groups (broad SMARTS) is 1. The first-order valence-corrected chi connectivity index (χ1v) is 6.07. The monoisotopic (exact) mass is 298 g/mol. The Balaban J connectivity index is 2.40. The van der Waals surface area contributed by atoms with Crippen LogP contribution in [0, 0.1) is 5.82 Å². The molecule has 1 aromatic rings. The van der Waals surface area contributed by atoms with Gasteiger partial charge in [0.25, 0.3) is 5.91 Å². The topological polar surface area (TPSA) is 105 Å². The van der Waals surface area contributed by atoms with Crippen molar-refractivity contribution in [2.75, 3.05) is 13.1 Å². The smallest absolute Gasteiger partial charge is 0.322 e. The summed E-state index contributed by atoms with van der Waals surface area (Å²) in [6, 6.07) is 5.61. The third kappa shape index (κ3) is 5.89. The van der Waals surface area contributed by atoms with E-state index in [4.69, 9.17) is 9.84 Å². The van der Waals surface area contributed by atoms with E-state index < -0.39 is 42.8 Å². The van der Waals surface area contributed by atoms with Crippen LogP contribution in [-0.4, -0.2) is 42.1 Å². The van der Waals surface area contributed by atoms with Crippen LogP contribution in [0.25, 0.3) is 0 Å². The lowest BCUT2D eigenvalue weighted by molar-refractivity contribution is -0.137. The molecule has 0 saturated carbocycles. The molecule has 1 atom stereocenters. The van der Waals surface area contributed by atoms with Gasteiger partial charge < -0.3 is 20.5 Å². The Morgan fingerprint density at radius 2 is 1.90 bits per heavy atom. The molecule has 8 heteroatoms. The molecular weight excluding hydrogens is 283 g/mol. The van der Waals surface area contributed by atoms with Crippen molar-refractivity contribution >= 4 is 17.8 Å². The molecule has 1 unspecified atom stereocenters. The minimum Gasteiger partial charge on any atom is -0.480 e. The number of ether oxygens (including phenoxy) is 1. The van der Waals surface area contributed by atoms with Crippen molar-refractivity contribution in [3.8, 4) is 5.75 Å². The van der Waals surface area contributed by atoms with Crippen LogP contribution in [0.2, 0.25) is 0 Å². The first kappa shape index (κ1) is 16.4. The highest BCUT2D eigenvalue weighted by atomic mass is 19.1. The number of rotatable bonds is 7. The van der Waals surface area contributed by atoms with Gasteiger partial charge in [-0.25, -0.2) is 4.39 Å². The maximum Gasteiger partial charge on any atom is 0.322 e. The fourth-order valence-corrected chi connectivity index (χ4v) is 1.33. The molecular formula is C13H15FN2O5. The zero-order valence-corrected chi connectivity index (χ0v) is 11.3. The fraction of sp³-hybridized carbons (Fsp3) is 0.308. The van der Waals surface area contributed by atoms with Crippen LogP contribution < -0.4 is 15.4 Å². The van der Waals surface area contributed by atoms with Crippen molar-refractivity contribution in [2.45, 2.75) is 13.0 Å². The van der Waals surface area contributed by atoms with Gasteiger partial charge >= 0.3 is 5.97 Å². The van der Waals surface area contributed by atoms with E-state index in [1.165, 1.54) is 25.1 Å². The van der Waals surface area contributed by atoms with Crippen LogP contribution in [0.5, 0.6) is 5.75 Å². The standard InChI is InChI=1S/C13H15FN2O5/c1-8(21-10-5-3-2-4-9(10)14)13(20)16-6-11(17)15-7-12(18)19/h2-5,8H,6-7H2,1H3,(H,15,17)(H,16,20)(H,18,19). The maximum atomic E-state index is 13.3. The van der Waals surface area contributed by atoms with E-state index in [2.05, 4.69) is 10.6 Å². The number of benzene rings is 1. The highest BCUT2D eigenvalue weighted by Gasteiger charge is 2.17. The van der Waals surface area contributed by atoms with Gasteiger partial charge in [0.05, 0.1) is 6.54 Å². The number of para-hydroxylation sites is 1. The fourth-order valence-electron chi connectivity index (χ4n) is 1.33. The second-order valence-corrected chi connectivity index (χ2v) is 4.08. The Bertz CT molecular complexity index is 535. The molecule has 7 nitrogen and oxygen atoms in total. The van der Waals surface area contributed by atoms with Crippen LogP contribution in [-0.2, 0) is 14.4 Å². The van der Waals surface area contributed by atoms with E-state index in [1.807, 2.05) is 0 Å². The summed E-state index contributed by atoms with van der Waals surface area (Å²) in [5.74, 6) is -3.13. The Labute approximate surface area is 120 Å². The molecule has 3 N–H and O–H groups in total. The number of carbonyl (C=O) groups is 3. The summed E-state index contributed by atoms with van der Waals surface area (Å²) in [7, 11) is 0. The first-order chi connectivity index (χ1) is 9.90. The van der Waals surface area contributed by atoms with Crippen molar-refractivity contribution in [3.05, 3.63) is 30.1 Å². The quantitative estimate of drug-likeness (QED) is 0.652. The molecule has 2 amide bonds. The zero-order chi connectivity index (χ0) is 15.8. The summed E-state index contributed by atoms with van der Waals surface area (Å²) in [6.07, 6.45) is -1.01. The SMILES string of the molecule is CC(Oc1ccccc1F)C(=O)NCC(=O)NCC(=O)O. The van der Waals surface area contributed by atoms with Gasteiger partial charge in [0.1, 0.15) is 6.54 Å². The summed E-state index contributed by atoms with van der Waals surface area (Å²) in [4.78, 5) is 33.1. The third-order valence-electron chi connectivity index (χ3n) is 2.37. The average Bonchev–Trinajstić information content (AvgIpc) is 2.44. The van der Waals surface area contributed by atoms with Crippen molar-refractivity contribution in [1.29, 1.82) is 0 Å². The van der Waals surface area contributed by atoms with Gasteiger partial charge in [-0.1, -0.05) is 12.1 Å². The molecule has 0 heterocycles. The molecule has 21 heavy (non-hydrogen) atoms. The Morgan fingerprint density at radius 3 is 2.52 bits per heavy atom. The molecule has 0 aliphatic rings. The Hall–Kier alpha value is -2.64. The van der Waals surface area contributed by atoms with Crippen LogP contribution in [0.4, 0.5) is 4.39 Å². The molecule has 1 aromatic carbocycles. The number of nitrogens with one attached hydrogen (secondary N) is 2. The van der Waals surface area contributed by atoms with Gasteiger partial charge in [0, 0.05) is 0 Å². The molecule has 0 bridgehead atoms. The van der Waals surface area contributed by atoms with Gasteiger partial charge in [0.15, 0.2) is 17.7 Å². The molecule has 1 rings (SSSR count). The van der Waals surface area contributed by atoms with Gasteiger partial charge in [-0.15, -0.1) is 0 Å². The lowest BCUT2D eigenvalue weighted by Crippen LogP contribution is -2.43. The average molecular weight is 298 g/mol. The lowest BCUT2D eigenvalue weighted by atomic mass is 10.3. The molecule has 0 radical (unpaired) electrons. The summed E-state index contributed by atoms with van der Waals surface area (Å²) in [5, 5.41) is 12.7. The van der Waals surface area contributed by atoms with E-state index in [-0.39, 0.29) is 5.75 Å². The number of halogens is 1. The minimum absolute atomic E-state index is 0.0736. The van der Waals surface area contributed by atoms with Crippen molar-refractivity contribution in [3.63, 3.8) is 0 Å². The van der Waals surface area contributed by atoms with E-state index in [1.54, 1.807) is 6.07 Å². The zero-order valence-electron chi connectivity index (χ0n) is 11.3. The Kier molecular flexibility index (Phi) is 6.12. The number of hydrogen-bond donors (Lipinski definition) is 3. The van der Waals surface area contributed by atoms with Gasteiger partial charge in [-0.05, 0) is 19.1 Å². The highest BCUT2D eigenvalue weighted by Crippen LogP contribution is 2.16. The first-order valence-electron chi connectivity index (χ1n) is 6.07. The third-order valence-corrected chi connectivity index (χ3v) is 2.37. The van der Waals surface area contributed by atoms with E-state index >= 15 is 0 Å². The minimum atomic E-state index is -1.19. The summed E-state index contributed by atoms with van der Waals surface area (Å²) in [5.41, 5.74) is 0. The lowest BCUT2D eigenvalue weighted by Gasteiger charge is -2.14. The molecule has 0 saturated heterocycles. The number of aliphatic carboxylic acids is 1. The van der Waals surface area contributed by atoms with Crippen LogP contribution in [0.3, 0.4) is 0 Å². The second kappa shape index (κ2) is 7.83. The highest BCUT2D eigenvalue weighted by molar-refractivity contribution is 5.88. The normalized spacial score (nSPS) is 11.3. The van der Waals surface area contributed by atoms with Crippen molar-refractivity contribution in [1.82, 2.24) is 10.6 Å². The van der Waals surface area contributed by atoms with Crippen LogP contribution >= 0.6 is 0 Å². The predicted octanol–water partition coefficient (Wildman–Crippen LogP) is -0.0900. The molecule has 0 aliphatic heterocycles. The predicted molar refractivity (Wildman–Crippen MR) is 70.1 cm³/mol. The molecule has 0 fully saturated rings. The number of amides is 2. The molecule has 0 aliphatic carbocycles. The summed E-state index contributed by atoms with van der Waals surface area (Å²) >= 11 is 0. The van der Waals surface area contributed by atoms with Crippen molar-refractivity contribution < 1.29 is 28.6 Å². The van der Waals surface area contributed by atoms with E-state index in [0.717, 1.165) is 0 Å². The number of carboxylic acids is 1. The summed E-state index contributed by atoms with van der Waals surface area (Å²) < 4.78 is 18.5. The number of hydrogen-bond acceptors (Lipinski definition) is 4.